The number of phosphoric acid groups is 1. The second-order valence-corrected chi connectivity index (χ2v) is 1.79. The first kappa shape index (κ1) is 15.9. The van der Waals surface area contributed by atoms with Crippen molar-refractivity contribution in [2.24, 2.45) is 5.90 Å². The van der Waals surface area contributed by atoms with Crippen molar-refractivity contribution in [1.29, 1.82) is 0 Å². The summed E-state index contributed by atoms with van der Waals surface area (Å²) in [7, 11) is -4.37. The van der Waals surface area contributed by atoms with Crippen molar-refractivity contribution in [2.45, 2.75) is 0 Å². The Morgan fingerprint density at radius 2 is 1.75 bits per heavy atom. The fraction of sp³-hybridized carbons (Fsp3) is 0. The molecule has 8 heteroatoms. The predicted octanol–water partition coefficient (Wildman–Crippen LogP) is -1.02. The van der Waals surface area contributed by atoms with Crippen molar-refractivity contribution < 1.29 is 21.8 Å². The molecule has 0 unspecified atom stereocenters. The Morgan fingerprint density at radius 3 is 1.75 bits per heavy atom. The van der Waals surface area contributed by atoms with Crippen LogP contribution in [0, 0.1) is 0 Å². The maximum absolute atomic E-state index is 9.35. The Balaban J connectivity index is -0.0000000208. The average molecular weight is 156 g/mol. The molecule has 0 atom stereocenters. The van der Waals surface area contributed by atoms with Gasteiger partial charge >= 0.3 is 30.9 Å². The fourth-order valence-corrected chi connectivity index (χ4v) is 0. The standard InChI is InChI=1S/Mg.H4NO4P.H3N.2H/c;1-5-6(2,3)4;;;/h;1H2,(H2,2,3,4);1H3;;/q+2;;;2*-1. The van der Waals surface area contributed by atoms with Crippen LogP contribution in [0.3, 0.4) is 0 Å². The van der Waals surface area contributed by atoms with Crippen molar-refractivity contribution in [3.63, 3.8) is 0 Å². The van der Waals surface area contributed by atoms with E-state index in [1.54, 1.807) is 0 Å². The molecule has 0 bridgehead atoms. The Hall–Kier alpha value is 0.796. The third-order valence-corrected chi connectivity index (χ3v) is 0.412. The van der Waals surface area contributed by atoms with Crippen LogP contribution in [0.15, 0.2) is 0 Å². The van der Waals surface area contributed by atoms with Crippen molar-refractivity contribution in [3.8, 4) is 0 Å². The molecule has 0 heterocycles. The van der Waals surface area contributed by atoms with Gasteiger partial charge in [-0.15, -0.1) is 0 Å². The van der Waals surface area contributed by atoms with Gasteiger partial charge in [0, 0.05) is 0 Å². The van der Waals surface area contributed by atoms with E-state index in [4.69, 9.17) is 9.79 Å². The maximum Gasteiger partial charge on any atom is 2.00 e. The molecule has 7 N–H and O–H groups in total. The first-order valence-electron chi connectivity index (χ1n) is 1.00. The molecule has 0 aliphatic carbocycles. The Labute approximate surface area is 65.3 Å². The number of hydrogen-bond acceptors (Lipinski definition) is 4. The van der Waals surface area contributed by atoms with Crippen molar-refractivity contribution in [2.75, 3.05) is 0 Å². The van der Waals surface area contributed by atoms with E-state index in [2.05, 4.69) is 10.5 Å². The fourth-order valence-electron chi connectivity index (χ4n) is 0. The molecule has 0 radical (unpaired) electrons. The zero-order chi connectivity index (χ0) is 5.21. The summed E-state index contributed by atoms with van der Waals surface area (Å²) in [5.74, 6) is 4.04. The molecular weight excluding hydrogens is 147 g/mol. The zero-order valence-corrected chi connectivity index (χ0v) is 6.46. The summed E-state index contributed by atoms with van der Waals surface area (Å²) in [5.41, 5.74) is 0. The molecular formula is H9MgN2O4P. The molecule has 0 saturated heterocycles. The third-order valence-electron chi connectivity index (χ3n) is 0.137. The van der Waals surface area contributed by atoms with Gasteiger partial charge in [-0.3, -0.25) is 0 Å². The van der Waals surface area contributed by atoms with Gasteiger partial charge in [-0.25, -0.2) is 15.1 Å². The monoisotopic (exact) mass is 156 g/mol. The van der Waals surface area contributed by atoms with Gasteiger partial charge in [0.15, 0.2) is 0 Å². The smallest absolute Gasteiger partial charge is 1.00 e. The quantitative estimate of drug-likeness (QED) is 0.218. The van der Waals surface area contributed by atoms with E-state index >= 15 is 0 Å². The summed E-state index contributed by atoms with van der Waals surface area (Å²) in [4.78, 5) is 15.2. The van der Waals surface area contributed by atoms with Crippen molar-refractivity contribution in [3.05, 3.63) is 0 Å². The SMILES string of the molecule is N.NOP(=O)(O)O.[H-].[H-].[Mg+2]. The summed E-state index contributed by atoms with van der Waals surface area (Å²) in [5, 5.41) is 0. The van der Waals surface area contributed by atoms with Crippen LogP contribution in [-0.2, 0) is 9.19 Å². The molecule has 6 nitrogen and oxygen atoms in total. The van der Waals surface area contributed by atoms with E-state index in [-0.39, 0.29) is 32.1 Å². The molecule has 8 heavy (non-hydrogen) atoms. The van der Waals surface area contributed by atoms with E-state index in [9.17, 15) is 4.57 Å². The molecule has 0 aromatic heterocycles. The molecule has 50 valence electrons. The largest absolute Gasteiger partial charge is 2.00 e. The molecule has 0 spiro atoms. The van der Waals surface area contributed by atoms with Crippen LogP contribution < -0.4 is 12.0 Å². The minimum Gasteiger partial charge on any atom is -1.00 e. The molecule has 0 aromatic carbocycles. The molecule has 0 amide bonds. The minimum atomic E-state index is -4.37. The van der Waals surface area contributed by atoms with Crippen LogP contribution in [-0.4, -0.2) is 32.8 Å². The minimum absolute atomic E-state index is 0. The van der Waals surface area contributed by atoms with Gasteiger partial charge in [0.25, 0.3) is 0 Å². The summed E-state index contributed by atoms with van der Waals surface area (Å²) < 4.78 is 12.5. The van der Waals surface area contributed by atoms with E-state index in [0.717, 1.165) is 0 Å². The summed E-state index contributed by atoms with van der Waals surface area (Å²) in [6.45, 7) is 0. The van der Waals surface area contributed by atoms with E-state index in [0.29, 0.717) is 0 Å². The van der Waals surface area contributed by atoms with Gasteiger partial charge < -0.3 is 18.8 Å². The van der Waals surface area contributed by atoms with E-state index in [1.165, 1.54) is 0 Å². The van der Waals surface area contributed by atoms with Crippen LogP contribution in [0.25, 0.3) is 0 Å². The molecule has 0 aromatic rings. The van der Waals surface area contributed by atoms with Crippen LogP contribution in [0.4, 0.5) is 0 Å². The Bertz CT molecular complexity index is 85.3. The van der Waals surface area contributed by atoms with Crippen LogP contribution in [0.5, 0.6) is 0 Å². The topological polar surface area (TPSA) is 128 Å². The second-order valence-electron chi connectivity index (χ2n) is 0.596. The van der Waals surface area contributed by atoms with Crippen LogP contribution in [0.2, 0.25) is 0 Å². The summed E-state index contributed by atoms with van der Waals surface area (Å²) in [6, 6.07) is 0. The molecule has 0 aliphatic rings. The third kappa shape index (κ3) is 15.8. The average Bonchev–Trinajstić information content (AvgIpc) is 1.35. The number of rotatable bonds is 1. The molecule has 0 rings (SSSR count). The van der Waals surface area contributed by atoms with Gasteiger partial charge in [-0.2, -0.15) is 0 Å². The van der Waals surface area contributed by atoms with Crippen molar-refractivity contribution >= 4 is 30.9 Å². The zero-order valence-electron chi connectivity index (χ0n) is 6.15. The van der Waals surface area contributed by atoms with Crippen LogP contribution in [0.1, 0.15) is 2.85 Å². The molecule has 0 fully saturated rings. The number of nitrogens with two attached hydrogens (primary N) is 1. The normalized spacial score (nSPS) is 8.88. The Morgan fingerprint density at radius 1 is 1.62 bits per heavy atom. The first-order valence-corrected chi connectivity index (χ1v) is 2.53. The van der Waals surface area contributed by atoms with E-state index in [1.807, 2.05) is 0 Å². The van der Waals surface area contributed by atoms with Gasteiger partial charge in [-0.1, -0.05) is 0 Å². The second kappa shape index (κ2) is 5.92. The van der Waals surface area contributed by atoms with Gasteiger partial charge in [0.05, 0.1) is 0 Å². The van der Waals surface area contributed by atoms with Crippen LogP contribution >= 0.6 is 7.82 Å². The van der Waals surface area contributed by atoms with Gasteiger partial charge in [-0.05, 0) is 0 Å². The maximum atomic E-state index is 9.35. The molecule has 0 aliphatic heterocycles. The summed E-state index contributed by atoms with van der Waals surface area (Å²) >= 11 is 0. The first-order chi connectivity index (χ1) is 2.56. The summed E-state index contributed by atoms with van der Waals surface area (Å²) in [6.07, 6.45) is 0. The Kier molecular flexibility index (Phi) is 11.8. The van der Waals surface area contributed by atoms with Gasteiger partial charge in [0.1, 0.15) is 0 Å². The number of hydrogen-bond donors (Lipinski definition) is 4. The van der Waals surface area contributed by atoms with Crippen molar-refractivity contribution in [1.82, 2.24) is 6.15 Å². The molecule has 0 saturated carbocycles. The van der Waals surface area contributed by atoms with E-state index < -0.39 is 7.82 Å². The predicted molar refractivity (Wildman–Crippen MR) is 30.3 cm³/mol. The van der Waals surface area contributed by atoms with Gasteiger partial charge in [0.2, 0.25) is 0 Å².